The largest absolute Gasteiger partial charge is 0.493 e. The zero-order valence-corrected chi connectivity index (χ0v) is 16.9. The lowest BCUT2D eigenvalue weighted by atomic mass is 9.75. The molecule has 0 saturated heterocycles. The lowest BCUT2D eigenvalue weighted by molar-refractivity contribution is 0.0697. The molecule has 5 nitrogen and oxygen atoms in total. The second-order valence-electron chi connectivity index (χ2n) is 7.86. The van der Waals surface area contributed by atoms with E-state index in [9.17, 15) is 9.90 Å². The molecule has 1 aliphatic heterocycles. The predicted molar refractivity (Wildman–Crippen MR) is 115 cm³/mol. The highest BCUT2D eigenvalue weighted by Gasteiger charge is 2.44. The normalized spacial score (nSPS) is 21.1. The van der Waals surface area contributed by atoms with Crippen molar-refractivity contribution < 1.29 is 19.4 Å². The van der Waals surface area contributed by atoms with Gasteiger partial charge in [-0.1, -0.05) is 42.5 Å². The smallest absolute Gasteiger partial charge is 0.337 e. The second kappa shape index (κ2) is 7.10. The van der Waals surface area contributed by atoms with Crippen LogP contribution in [0.5, 0.6) is 11.5 Å². The first-order valence-corrected chi connectivity index (χ1v) is 10.0. The highest BCUT2D eigenvalue weighted by molar-refractivity contribution is 5.96. The van der Waals surface area contributed by atoms with Gasteiger partial charge >= 0.3 is 5.97 Å². The minimum absolute atomic E-state index is 0.0461. The number of para-hydroxylation sites is 1. The topological polar surface area (TPSA) is 67.8 Å². The zero-order chi connectivity index (χ0) is 20.8. The number of hydrogen-bond donors (Lipinski definition) is 2. The van der Waals surface area contributed by atoms with Crippen molar-refractivity contribution in [3.63, 3.8) is 0 Å². The van der Waals surface area contributed by atoms with E-state index < -0.39 is 5.97 Å². The standard InChI is InChI=1S/C25H23NO4/c1-29-20-11-10-15(13-21(20)30-2)23-19-12-14-6-3-4-7-16(14)22(19)17-8-5-9-18(25(27)28)24(17)26-23/h3-11,13,19,22-23,26H,12H2,1-2H3,(H,27,28)/t19-,22-,23-/m0/s1. The van der Waals surface area contributed by atoms with Gasteiger partial charge in [-0.3, -0.25) is 0 Å². The maximum Gasteiger partial charge on any atom is 0.337 e. The van der Waals surface area contributed by atoms with Gasteiger partial charge in [0.25, 0.3) is 0 Å². The fourth-order valence-corrected chi connectivity index (χ4v) is 5.14. The summed E-state index contributed by atoms with van der Waals surface area (Å²) in [5.74, 6) is 0.846. The minimum Gasteiger partial charge on any atom is -0.493 e. The Balaban J connectivity index is 1.69. The fraction of sp³-hybridized carbons (Fsp3) is 0.240. The minimum atomic E-state index is -0.921. The number of carbonyl (C=O) groups is 1. The molecule has 0 spiro atoms. The molecule has 1 aliphatic carbocycles. The third-order valence-corrected chi connectivity index (χ3v) is 6.43. The van der Waals surface area contributed by atoms with E-state index >= 15 is 0 Å². The number of fused-ring (bicyclic) bond motifs is 5. The van der Waals surface area contributed by atoms with Crippen LogP contribution in [0.25, 0.3) is 0 Å². The quantitative estimate of drug-likeness (QED) is 0.653. The second-order valence-corrected chi connectivity index (χ2v) is 7.86. The number of carboxylic acids is 1. The van der Waals surface area contributed by atoms with Gasteiger partial charge in [-0.05, 0) is 52.8 Å². The van der Waals surface area contributed by atoms with Crippen LogP contribution in [0.2, 0.25) is 0 Å². The first-order chi connectivity index (χ1) is 14.6. The summed E-state index contributed by atoms with van der Waals surface area (Å²) in [4.78, 5) is 12.0. The molecule has 5 rings (SSSR count). The fourth-order valence-electron chi connectivity index (χ4n) is 5.14. The van der Waals surface area contributed by atoms with Crippen molar-refractivity contribution in [1.82, 2.24) is 0 Å². The Morgan fingerprint density at radius 2 is 1.73 bits per heavy atom. The van der Waals surface area contributed by atoms with Crippen LogP contribution in [0.4, 0.5) is 5.69 Å². The van der Waals surface area contributed by atoms with Gasteiger partial charge in [0.05, 0.1) is 31.5 Å². The number of aromatic carboxylic acids is 1. The lowest BCUT2D eigenvalue weighted by Crippen LogP contribution is -2.31. The Kier molecular flexibility index (Phi) is 4.39. The average Bonchev–Trinajstić information content (AvgIpc) is 3.17. The van der Waals surface area contributed by atoms with E-state index in [1.165, 1.54) is 11.1 Å². The highest BCUT2D eigenvalue weighted by Crippen LogP contribution is 2.54. The molecule has 0 fully saturated rings. The van der Waals surface area contributed by atoms with E-state index in [1.54, 1.807) is 20.3 Å². The van der Waals surface area contributed by atoms with Gasteiger partial charge in [0, 0.05) is 5.92 Å². The average molecular weight is 401 g/mol. The third kappa shape index (κ3) is 2.73. The number of hydrogen-bond acceptors (Lipinski definition) is 4. The van der Waals surface area contributed by atoms with Gasteiger partial charge in [-0.15, -0.1) is 0 Å². The molecule has 0 amide bonds. The van der Waals surface area contributed by atoms with Crippen LogP contribution in [0.15, 0.2) is 60.7 Å². The Labute approximate surface area is 175 Å². The summed E-state index contributed by atoms with van der Waals surface area (Å²) in [6.07, 6.45) is 0.934. The van der Waals surface area contributed by atoms with Crippen LogP contribution in [-0.4, -0.2) is 25.3 Å². The molecule has 152 valence electrons. The molecule has 0 aromatic heterocycles. The first kappa shape index (κ1) is 18.6. The predicted octanol–water partition coefficient (Wildman–Crippen LogP) is 4.87. The molecule has 0 radical (unpaired) electrons. The van der Waals surface area contributed by atoms with Crippen LogP contribution in [0, 0.1) is 5.92 Å². The van der Waals surface area contributed by atoms with Crippen molar-refractivity contribution in [2.24, 2.45) is 5.92 Å². The number of carboxylic acid groups (broad SMARTS) is 1. The molecular weight excluding hydrogens is 378 g/mol. The first-order valence-electron chi connectivity index (χ1n) is 10.0. The number of nitrogens with one attached hydrogen (secondary N) is 1. The van der Waals surface area contributed by atoms with Gasteiger partial charge in [0.15, 0.2) is 11.5 Å². The Bertz CT molecular complexity index is 1140. The monoisotopic (exact) mass is 401 g/mol. The Morgan fingerprint density at radius 3 is 2.50 bits per heavy atom. The SMILES string of the molecule is COc1ccc([C@@H]2Nc3c(C(=O)O)cccc3[C@@H]3c4ccccc4C[C@@H]32)cc1OC. The molecule has 2 N–H and O–H groups in total. The van der Waals surface area contributed by atoms with Gasteiger partial charge < -0.3 is 19.9 Å². The molecule has 5 heteroatoms. The van der Waals surface area contributed by atoms with Crippen molar-refractivity contribution in [2.45, 2.75) is 18.4 Å². The van der Waals surface area contributed by atoms with Crippen molar-refractivity contribution in [3.8, 4) is 11.5 Å². The van der Waals surface area contributed by atoms with E-state index in [2.05, 4.69) is 35.6 Å². The van der Waals surface area contributed by atoms with E-state index in [4.69, 9.17) is 9.47 Å². The molecule has 0 bridgehead atoms. The van der Waals surface area contributed by atoms with Crippen molar-refractivity contribution in [2.75, 3.05) is 19.5 Å². The number of rotatable bonds is 4. The summed E-state index contributed by atoms with van der Waals surface area (Å²) in [6, 6.07) is 20.0. The number of methoxy groups -OCH3 is 2. The molecule has 0 unspecified atom stereocenters. The summed E-state index contributed by atoms with van der Waals surface area (Å²) in [5.41, 5.74) is 5.75. The Hall–Kier alpha value is -3.47. The van der Waals surface area contributed by atoms with Crippen LogP contribution < -0.4 is 14.8 Å². The summed E-state index contributed by atoms with van der Waals surface area (Å²) in [7, 11) is 3.25. The number of benzene rings is 3. The van der Waals surface area contributed by atoms with E-state index in [-0.39, 0.29) is 17.9 Å². The van der Waals surface area contributed by atoms with Crippen LogP contribution in [-0.2, 0) is 6.42 Å². The molecular formula is C25H23NO4. The summed E-state index contributed by atoms with van der Waals surface area (Å²) in [5, 5.41) is 13.4. The molecule has 30 heavy (non-hydrogen) atoms. The zero-order valence-electron chi connectivity index (χ0n) is 16.9. The summed E-state index contributed by atoms with van der Waals surface area (Å²) in [6.45, 7) is 0. The van der Waals surface area contributed by atoms with Gasteiger partial charge in [-0.25, -0.2) is 4.79 Å². The van der Waals surface area contributed by atoms with E-state index in [0.29, 0.717) is 22.7 Å². The third-order valence-electron chi connectivity index (χ3n) is 6.43. The Morgan fingerprint density at radius 1 is 0.967 bits per heavy atom. The van der Waals surface area contributed by atoms with Crippen molar-refractivity contribution in [1.29, 1.82) is 0 Å². The number of ether oxygens (including phenoxy) is 2. The molecule has 2 aliphatic rings. The molecule has 1 heterocycles. The molecule has 3 aromatic carbocycles. The number of anilines is 1. The van der Waals surface area contributed by atoms with Gasteiger partial charge in [0.2, 0.25) is 0 Å². The maximum absolute atomic E-state index is 12.0. The lowest BCUT2D eigenvalue weighted by Gasteiger charge is -2.38. The van der Waals surface area contributed by atoms with Gasteiger partial charge in [-0.2, -0.15) is 0 Å². The maximum atomic E-state index is 12.0. The van der Waals surface area contributed by atoms with Crippen LogP contribution in [0.1, 0.15) is 44.6 Å². The van der Waals surface area contributed by atoms with E-state index in [1.807, 2.05) is 24.3 Å². The molecule has 0 saturated carbocycles. The highest BCUT2D eigenvalue weighted by atomic mass is 16.5. The molecule has 3 aromatic rings. The summed E-state index contributed by atoms with van der Waals surface area (Å²) < 4.78 is 10.9. The van der Waals surface area contributed by atoms with Crippen LogP contribution >= 0.6 is 0 Å². The van der Waals surface area contributed by atoms with Crippen molar-refractivity contribution in [3.05, 3.63) is 88.5 Å². The van der Waals surface area contributed by atoms with Gasteiger partial charge in [0.1, 0.15) is 0 Å². The van der Waals surface area contributed by atoms with Crippen molar-refractivity contribution >= 4 is 11.7 Å². The van der Waals surface area contributed by atoms with Crippen LogP contribution in [0.3, 0.4) is 0 Å². The molecule has 3 atom stereocenters. The van der Waals surface area contributed by atoms with E-state index in [0.717, 1.165) is 17.5 Å². The summed E-state index contributed by atoms with van der Waals surface area (Å²) >= 11 is 0.